The SMILES string of the molecule is Cc1ccc(N2C(=O)NC(=O)/C(=C/c3cn(Cc4c(Cl)cccc4Cl)c4ccccc34)C2=O)cc1Cl. The Balaban J connectivity index is 1.59. The number of nitrogens with one attached hydrogen (secondary N) is 1. The van der Waals surface area contributed by atoms with Crippen LogP contribution in [0.2, 0.25) is 15.1 Å². The number of para-hydroxylation sites is 1. The van der Waals surface area contributed by atoms with Crippen LogP contribution in [0.5, 0.6) is 0 Å². The Labute approximate surface area is 221 Å². The fraction of sp³-hybridized carbons (Fsp3) is 0.0741. The normalized spacial score (nSPS) is 15.2. The van der Waals surface area contributed by atoms with Crippen molar-refractivity contribution in [2.75, 3.05) is 4.90 Å². The van der Waals surface area contributed by atoms with Crippen LogP contribution in [-0.4, -0.2) is 22.4 Å². The second kappa shape index (κ2) is 9.47. The van der Waals surface area contributed by atoms with E-state index < -0.39 is 17.8 Å². The summed E-state index contributed by atoms with van der Waals surface area (Å²) in [5.41, 5.74) is 3.13. The van der Waals surface area contributed by atoms with Crippen molar-refractivity contribution >= 4 is 75.3 Å². The minimum absolute atomic E-state index is 0.176. The maximum atomic E-state index is 13.4. The average Bonchev–Trinajstić information content (AvgIpc) is 3.18. The lowest BCUT2D eigenvalue weighted by Gasteiger charge is -2.26. The lowest BCUT2D eigenvalue weighted by Crippen LogP contribution is -2.54. The Bertz CT molecular complexity index is 1590. The molecule has 1 aromatic heterocycles. The van der Waals surface area contributed by atoms with E-state index in [-0.39, 0.29) is 11.3 Å². The molecule has 180 valence electrons. The molecule has 4 aromatic rings. The number of aryl methyl sites for hydroxylation is 1. The van der Waals surface area contributed by atoms with Crippen LogP contribution < -0.4 is 10.2 Å². The van der Waals surface area contributed by atoms with E-state index in [0.29, 0.717) is 27.2 Å². The largest absolute Gasteiger partial charge is 0.342 e. The highest BCUT2D eigenvalue weighted by Crippen LogP contribution is 2.31. The van der Waals surface area contributed by atoms with Crippen molar-refractivity contribution in [3.63, 3.8) is 0 Å². The maximum Gasteiger partial charge on any atom is 0.335 e. The molecule has 0 spiro atoms. The van der Waals surface area contributed by atoms with Crippen LogP contribution in [0.25, 0.3) is 17.0 Å². The Hall–Kier alpha value is -3.58. The highest BCUT2D eigenvalue weighted by atomic mass is 35.5. The molecule has 0 radical (unpaired) electrons. The van der Waals surface area contributed by atoms with Gasteiger partial charge in [0.1, 0.15) is 5.57 Å². The van der Waals surface area contributed by atoms with Gasteiger partial charge in [0.15, 0.2) is 0 Å². The number of amides is 4. The molecule has 3 aromatic carbocycles. The molecule has 0 atom stereocenters. The van der Waals surface area contributed by atoms with Crippen molar-refractivity contribution in [3.05, 3.63) is 104 Å². The van der Waals surface area contributed by atoms with E-state index in [1.807, 2.05) is 42.0 Å². The van der Waals surface area contributed by atoms with Gasteiger partial charge >= 0.3 is 6.03 Å². The van der Waals surface area contributed by atoms with E-state index in [0.717, 1.165) is 26.9 Å². The van der Waals surface area contributed by atoms with Crippen molar-refractivity contribution in [2.45, 2.75) is 13.5 Å². The van der Waals surface area contributed by atoms with Gasteiger partial charge in [-0.2, -0.15) is 0 Å². The van der Waals surface area contributed by atoms with E-state index >= 15 is 0 Å². The number of carbonyl (C=O) groups excluding carboxylic acids is 3. The Morgan fingerprint density at radius 1 is 0.889 bits per heavy atom. The summed E-state index contributed by atoms with van der Waals surface area (Å²) >= 11 is 19.0. The number of hydrogen-bond donors (Lipinski definition) is 1. The molecule has 0 bridgehead atoms. The summed E-state index contributed by atoms with van der Waals surface area (Å²) in [5.74, 6) is -1.51. The fourth-order valence-electron chi connectivity index (χ4n) is 4.14. The number of benzene rings is 3. The van der Waals surface area contributed by atoms with E-state index in [1.54, 1.807) is 30.3 Å². The first kappa shape index (κ1) is 24.1. The highest BCUT2D eigenvalue weighted by molar-refractivity contribution is 6.40. The molecular formula is C27H18Cl3N3O3. The van der Waals surface area contributed by atoms with Gasteiger partial charge in [0.25, 0.3) is 11.8 Å². The predicted molar refractivity (Wildman–Crippen MR) is 143 cm³/mol. The maximum absolute atomic E-state index is 13.4. The molecule has 1 aliphatic rings. The Morgan fingerprint density at radius 2 is 1.61 bits per heavy atom. The van der Waals surface area contributed by atoms with Gasteiger partial charge in [-0.1, -0.05) is 65.1 Å². The second-order valence-electron chi connectivity index (χ2n) is 8.32. The summed E-state index contributed by atoms with van der Waals surface area (Å²) in [4.78, 5) is 39.6. The van der Waals surface area contributed by atoms with E-state index in [4.69, 9.17) is 34.8 Å². The monoisotopic (exact) mass is 537 g/mol. The lowest BCUT2D eigenvalue weighted by molar-refractivity contribution is -0.122. The molecule has 9 heteroatoms. The molecule has 0 aliphatic carbocycles. The standard InChI is InChI=1S/C27H18Cl3N3O3/c1-15-9-10-17(12-23(15)30)33-26(35)19(25(34)31-27(33)36)11-16-13-32(24-8-3-2-5-18(16)24)14-20-21(28)6-4-7-22(20)29/h2-13H,14H2,1H3,(H,31,34,36)/b19-11-. The summed E-state index contributed by atoms with van der Waals surface area (Å²) in [7, 11) is 0. The van der Waals surface area contributed by atoms with Gasteiger partial charge in [0, 0.05) is 43.3 Å². The molecule has 4 amide bonds. The number of hydrogen-bond acceptors (Lipinski definition) is 3. The van der Waals surface area contributed by atoms with Crippen LogP contribution >= 0.6 is 34.8 Å². The Kier molecular flexibility index (Phi) is 6.35. The quantitative estimate of drug-likeness (QED) is 0.234. The van der Waals surface area contributed by atoms with Crippen LogP contribution in [0.15, 0.2) is 72.4 Å². The average molecular weight is 539 g/mol. The molecule has 0 unspecified atom stereocenters. The zero-order chi connectivity index (χ0) is 25.6. The first-order valence-electron chi connectivity index (χ1n) is 10.9. The molecule has 1 fully saturated rings. The number of carbonyl (C=O) groups is 3. The third-order valence-corrected chi connectivity index (χ3v) is 7.14. The number of barbiturate groups is 1. The number of urea groups is 1. The minimum atomic E-state index is -0.835. The molecule has 2 heterocycles. The smallest absolute Gasteiger partial charge is 0.335 e. The first-order valence-corrected chi connectivity index (χ1v) is 12.1. The molecular weight excluding hydrogens is 521 g/mol. The summed E-state index contributed by atoms with van der Waals surface area (Å²) < 4.78 is 1.95. The van der Waals surface area contributed by atoms with Gasteiger partial charge in [-0.25, -0.2) is 9.69 Å². The van der Waals surface area contributed by atoms with Crippen LogP contribution in [0.4, 0.5) is 10.5 Å². The van der Waals surface area contributed by atoms with Crippen molar-refractivity contribution in [1.82, 2.24) is 9.88 Å². The van der Waals surface area contributed by atoms with Crippen molar-refractivity contribution in [3.8, 4) is 0 Å². The van der Waals surface area contributed by atoms with Gasteiger partial charge in [-0.3, -0.25) is 14.9 Å². The molecule has 1 saturated heterocycles. The predicted octanol–water partition coefficient (Wildman–Crippen LogP) is 6.62. The van der Waals surface area contributed by atoms with E-state index in [1.165, 1.54) is 12.1 Å². The molecule has 36 heavy (non-hydrogen) atoms. The number of nitrogens with zero attached hydrogens (tertiary/aromatic N) is 2. The number of fused-ring (bicyclic) bond motifs is 1. The topological polar surface area (TPSA) is 71.4 Å². The van der Waals surface area contributed by atoms with Crippen molar-refractivity contribution in [2.24, 2.45) is 0 Å². The zero-order valence-electron chi connectivity index (χ0n) is 18.9. The summed E-state index contributed by atoms with van der Waals surface area (Å²) in [5, 5.41) is 4.53. The zero-order valence-corrected chi connectivity index (χ0v) is 21.2. The summed E-state index contributed by atoms with van der Waals surface area (Å²) in [6.45, 7) is 2.19. The third-order valence-electron chi connectivity index (χ3n) is 6.02. The van der Waals surface area contributed by atoms with Gasteiger partial charge in [-0.15, -0.1) is 0 Å². The van der Waals surface area contributed by atoms with Crippen molar-refractivity contribution in [1.29, 1.82) is 0 Å². The first-order chi connectivity index (χ1) is 17.2. The van der Waals surface area contributed by atoms with Crippen molar-refractivity contribution < 1.29 is 14.4 Å². The number of imide groups is 2. The third kappa shape index (κ3) is 4.28. The molecule has 5 rings (SSSR count). The highest BCUT2D eigenvalue weighted by Gasteiger charge is 2.37. The number of halogens is 3. The summed E-state index contributed by atoms with van der Waals surface area (Å²) in [6.07, 6.45) is 3.31. The summed E-state index contributed by atoms with van der Waals surface area (Å²) in [6, 6.07) is 16.9. The van der Waals surface area contributed by atoms with Gasteiger partial charge in [0.2, 0.25) is 0 Å². The van der Waals surface area contributed by atoms with Crippen LogP contribution in [0.1, 0.15) is 16.7 Å². The number of anilines is 1. The van der Waals surface area contributed by atoms with Gasteiger partial charge in [0.05, 0.1) is 12.2 Å². The number of aromatic nitrogens is 1. The number of rotatable bonds is 4. The van der Waals surface area contributed by atoms with Crippen LogP contribution in [0.3, 0.4) is 0 Å². The second-order valence-corrected chi connectivity index (χ2v) is 9.54. The molecule has 1 N–H and O–H groups in total. The Morgan fingerprint density at radius 3 is 2.33 bits per heavy atom. The molecule has 0 saturated carbocycles. The van der Waals surface area contributed by atoms with E-state index in [2.05, 4.69) is 5.32 Å². The van der Waals surface area contributed by atoms with Crippen LogP contribution in [0, 0.1) is 6.92 Å². The van der Waals surface area contributed by atoms with E-state index in [9.17, 15) is 14.4 Å². The molecule has 6 nitrogen and oxygen atoms in total. The fourth-order valence-corrected chi connectivity index (χ4v) is 4.83. The van der Waals surface area contributed by atoms with Gasteiger partial charge < -0.3 is 4.57 Å². The van der Waals surface area contributed by atoms with Gasteiger partial charge in [-0.05, 0) is 48.9 Å². The minimum Gasteiger partial charge on any atom is -0.342 e. The van der Waals surface area contributed by atoms with Crippen LogP contribution in [-0.2, 0) is 16.1 Å². The lowest BCUT2D eigenvalue weighted by atomic mass is 10.1. The molecule has 1 aliphatic heterocycles.